The summed E-state index contributed by atoms with van der Waals surface area (Å²) >= 11 is 6.30. The molecule has 0 bridgehead atoms. The molecular formula is C27H16ClN. The molecule has 0 fully saturated rings. The van der Waals surface area contributed by atoms with E-state index in [1.54, 1.807) is 6.20 Å². The van der Waals surface area contributed by atoms with Gasteiger partial charge in [-0.2, -0.15) is 0 Å². The Labute approximate surface area is 173 Å². The van der Waals surface area contributed by atoms with Gasteiger partial charge < -0.3 is 0 Å². The summed E-state index contributed by atoms with van der Waals surface area (Å²) in [5.41, 5.74) is 2.50. The van der Waals surface area contributed by atoms with Gasteiger partial charge in [0.15, 0.2) is 0 Å². The molecule has 0 aliphatic rings. The van der Waals surface area contributed by atoms with Crippen LogP contribution in [-0.4, -0.2) is 4.98 Å². The molecule has 6 aromatic rings. The lowest BCUT2D eigenvalue weighted by atomic mass is 9.93. The van der Waals surface area contributed by atoms with Gasteiger partial charge in [-0.3, -0.25) is 0 Å². The van der Waals surface area contributed by atoms with Crippen molar-refractivity contribution in [2.45, 2.75) is 0 Å². The number of pyridine rings is 1. The van der Waals surface area contributed by atoms with E-state index in [4.69, 9.17) is 11.6 Å². The summed E-state index contributed by atoms with van der Waals surface area (Å²) in [7, 11) is 0. The lowest BCUT2D eigenvalue weighted by molar-refractivity contribution is 1.37. The van der Waals surface area contributed by atoms with Gasteiger partial charge in [-0.25, -0.2) is 4.98 Å². The first-order chi connectivity index (χ1) is 14.3. The van der Waals surface area contributed by atoms with Crippen molar-refractivity contribution < 1.29 is 0 Å². The summed E-state index contributed by atoms with van der Waals surface area (Å²) in [4.78, 5) is 4.21. The van der Waals surface area contributed by atoms with Crippen LogP contribution in [0.1, 0.15) is 0 Å². The molecule has 0 unspecified atom stereocenters. The van der Waals surface area contributed by atoms with Crippen LogP contribution in [0.15, 0.2) is 97.2 Å². The smallest absolute Gasteiger partial charge is 0.136 e. The minimum Gasteiger partial charge on any atom is -0.244 e. The van der Waals surface area contributed by atoms with Crippen LogP contribution in [0.4, 0.5) is 0 Å². The van der Waals surface area contributed by atoms with Crippen LogP contribution in [0.5, 0.6) is 0 Å². The Hall–Kier alpha value is -3.42. The number of hydrogen-bond acceptors (Lipinski definition) is 1. The monoisotopic (exact) mass is 389 g/mol. The lowest BCUT2D eigenvalue weighted by Gasteiger charge is -2.11. The summed E-state index contributed by atoms with van der Waals surface area (Å²) in [6, 6.07) is 32.5. The Morgan fingerprint density at radius 3 is 2.21 bits per heavy atom. The van der Waals surface area contributed by atoms with E-state index in [-0.39, 0.29) is 0 Å². The number of benzene rings is 5. The highest BCUT2D eigenvalue weighted by Crippen LogP contribution is 2.36. The van der Waals surface area contributed by atoms with Crippen LogP contribution in [-0.2, 0) is 0 Å². The van der Waals surface area contributed by atoms with Gasteiger partial charge in [-0.1, -0.05) is 90.5 Å². The quantitative estimate of drug-likeness (QED) is 0.205. The zero-order chi connectivity index (χ0) is 19.4. The van der Waals surface area contributed by atoms with E-state index in [9.17, 15) is 0 Å². The standard InChI is InChI=1S/C27H16ClN/c28-27-26-13-12-23-22-10-8-18(21-7-3-5-17-4-1-2-6-20(17)21)16-19(22)9-11-24(23)25(26)14-15-29-27/h1-16H. The maximum atomic E-state index is 6.30. The molecule has 1 aromatic heterocycles. The van der Waals surface area contributed by atoms with Gasteiger partial charge in [0.25, 0.3) is 0 Å². The Bertz CT molecular complexity index is 1560. The average Bonchev–Trinajstić information content (AvgIpc) is 2.78. The Kier molecular flexibility index (Phi) is 3.59. The molecule has 1 nitrogen and oxygen atoms in total. The zero-order valence-corrected chi connectivity index (χ0v) is 16.3. The number of aromatic nitrogens is 1. The van der Waals surface area contributed by atoms with Gasteiger partial charge in [0.1, 0.15) is 5.15 Å². The fourth-order valence-electron chi connectivity index (χ4n) is 4.42. The predicted molar refractivity (Wildman–Crippen MR) is 125 cm³/mol. The Balaban J connectivity index is 1.62. The third-order valence-electron chi connectivity index (χ3n) is 5.81. The molecule has 2 heteroatoms. The topological polar surface area (TPSA) is 12.9 Å². The third-order valence-corrected chi connectivity index (χ3v) is 6.11. The average molecular weight is 390 g/mol. The SMILES string of the molecule is Clc1nccc2c1ccc1c3ccc(-c4cccc5ccccc45)cc3ccc21. The minimum absolute atomic E-state index is 0.552. The first-order valence-electron chi connectivity index (χ1n) is 9.67. The van der Waals surface area contributed by atoms with E-state index in [1.165, 1.54) is 43.4 Å². The first kappa shape index (κ1) is 16.5. The summed E-state index contributed by atoms with van der Waals surface area (Å²) in [6.45, 7) is 0. The van der Waals surface area contributed by atoms with Crippen LogP contribution in [0.25, 0.3) is 54.2 Å². The highest BCUT2D eigenvalue weighted by Gasteiger charge is 2.09. The van der Waals surface area contributed by atoms with Crippen molar-refractivity contribution in [2.75, 3.05) is 0 Å². The normalized spacial score (nSPS) is 11.6. The summed E-state index contributed by atoms with van der Waals surface area (Å²) in [6.07, 6.45) is 1.78. The Morgan fingerprint density at radius 2 is 1.24 bits per heavy atom. The highest BCUT2D eigenvalue weighted by molar-refractivity contribution is 6.35. The maximum Gasteiger partial charge on any atom is 0.136 e. The first-order valence-corrected chi connectivity index (χ1v) is 10.1. The number of nitrogens with zero attached hydrogens (tertiary/aromatic N) is 1. The van der Waals surface area contributed by atoms with E-state index >= 15 is 0 Å². The number of hydrogen-bond donors (Lipinski definition) is 0. The van der Waals surface area contributed by atoms with Crippen molar-refractivity contribution in [1.29, 1.82) is 0 Å². The molecule has 0 amide bonds. The second-order valence-corrected chi connectivity index (χ2v) is 7.74. The molecule has 5 aromatic carbocycles. The van der Waals surface area contributed by atoms with Crippen LogP contribution < -0.4 is 0 Å². The second kappa shape index (κ2) is 6.30. The number of rotatable bonds is 1. The molecule has 0 spiro atoms. The van der Waals surface area contributed by atoms with E-state index in [0.717, 1.165) is 10.8 Å². The zero-order valence-electron chi connectivity index (χ0n) is 15.6. The molecule has 1 heterocycles. The number of halogens is 1. The van der Waals surface area contributed by atoms with Crippen molar-refractivity contribution in [2.24, 2.45) is 0 Å². The molecule has 0 saturated carbocycles. The van der Waals surface area contributed by atoms with Gasteiger partial charge >= 0.3 is 0 Å². The van der Waals surface area contributed by atoms with Gasteiger partial charge in [-0.05, 0) is 61.0 Å². The maximum absolute atomic E-state index is 6.30. The van der Waals surface area contributed by atoms with Crippen molar-refractivity contribution >= 4 is 54.7 Å². The Morgan fingerprint density at radius 1 is 0.517 bits per heavy atom. The molecule has 136 valence electrons. The molecule has 0 radical (unpaired) electrons. The van der Waals surface area contributed by atoms with E-state index in [2.05, 4.69) is 89.9 Å². The van der Waals surface area contributed by atoms with Gasteiger partial charge in [-0.15, -0.1) is 0 Å². The molecule has 6 rings (SSSR count). The van der Waals surface area contributed by atoms with Crippen molar-refractivity contribution in [3.8, 4) is 11.1 Å². The van der Waals surface area contributed by atoms with Crippen LogP contribution in [0, 0.1) is 0 Å². The van der Waals surface area contributed by atoms with Gasteiger partial charge in [0, 0.05) is 11.6 Å². The van der Waals surface area contributed by atoms with Crippen molar-refractivity contribution in [1.82, 2.24) is 4.98 Å². The van der Waals surface area contributed by atoms with Crippen molar-refractivity contribution in [3.63, 3.8) is 0 Å². The molecule has 0 atom stereocenters. The second-order valence-electron chi connectivity index (χ2n) is 7.39. The van der Waals surface area contributed by atoms with Crippen LogP contribution in [0.3, 0.4) is 0 Å². The molecule has 0 aliphatic carbocycles. The molecule has 29 heavy (non-hydrogen) atoms. The lowest BCUT2D eigenvalue weighted by Crippen LogP contribution is -1.85. The summed E-state index contributed by atoms with van der Waals surface area (Å²) in [5.74, 6) is 0. The molecule has 0 saturated heterocycles. The van der Waals surface area contributed by atoms with E-state index in [0.29, 0.717) is 5.15 Å². The van der Waals surface area contributed by atoms with Crippen LogP contribution in [0.2, 0.25) is 5.15 Å². The van der Waals surface area contributed by atoms with E-state index < -0.39 is 0 Å². The van der Waals surface area contributed by atoms with Gasteiger partial charge in [0.05, 0.1) is 0 Å². The van der Waals surface area contributed by atoms with Crippen molar-refractivity contribution in [3.05, 3.63) is 102 Å². The van der Waals surface area contributed by atoms with Gasteiger partial charge in [0.2, 0.25) is 0 Å². The predicted octanol–water partition coefficient (Wildman–Crippen LogP) is 8.01. The van der Waals surface area contributed by atoms with Crippen LogP contribution >= 0.6 is 11.6 Å². The highest BCUT2D eigenvalue weighted by atomic mass is 35.5. The molecule has 0 aliphatic heterocycles. The largest absolute Gasteiger partial charge is 0.244 e. The third kappa shape index (κ3) is 2.52. The molecule has 0 N–H and O–H groups in total. The fraction of sp³-hybridized carbons (Fsp3) is 0. The summed E-state index contributed by atoms with van der Waals surface area (Å²) < 4.78 is 0. The fourth-order valence-corrected chi connectivity index (χ4v) is 4.64. The minimum atomic E-state index is 0.552. The number of fused-ring (bicyclic) bond motifs is 6. The summed E-state index contributed by atoms with van der Waals surface area (Å²) in [5, 5.41) is 10.2. The molecular weight excluding hydrogens is 374 g/mol. The van der Waals surface area contributed by atoms with E-state index in [1.807, 2.05) is 6.07 Å².